The van der Waals surface area contributed by atoms with E-state index in [0.29, 0.717) is 19.0 Å². The lowest BCUT2D eigenvalue weighted by Crippen LogP contribution is -2.46. The van der Waals surface area contributed by atoms with E-state index in [1.165, 1.54) is 0 Å². The van der Waals surface area contributed by atoms with Crippen LogP contribution in [0.3, 0.4) is 0 Å². The van der Waals surface area contributed by atoms with Gasteiger partial charge in [-0.2, -0.15) is 0 Å². The van der Waals surface area contributed by atoms with Crippen molar-refractivity contribution in [2.75, 3.05) is 19.7 Å². The molecule has 0 aromatic carbocycles. The minimum Gasteiger partial charge on any atom is -0.364 e. The number of rotatable bonds is 7. The summed E-state index contributed by atoms with van der Waals surface area (Å²) >= 11 is 0. The second-order valence-corrected chi connectivity index (χ2v) is 6.96. The molecule has 0 aromatic heterocycles. The lowest BCUT2D eigenvalue weighted by Gasteiger charge is -2.40. The first-order chi connectivity index (χ1) is 9.38. The van der Waals surface area contributed by atoms with Gasteiger partial charge in [0.25, 0.3) is 0 Å². The minimum absolute atomic E-state index is 0.0301. The summed E-state index contributed by atoms with van der Waals surface area (Å²) in [6.45, 7) is 10.1. The van der Waals surface area contributed by atoms with Crippen molar-refractivity contribution in [2.24, 2.45) is 23.5 Å². The van der Waals surface area contributed by atoms with Gasteiger partial charge in [0.15, 0.2) is 0 Å². The van der Waals surface area contributed by atoms with E-state index in [0.717, 1.165) is 37.5 Å². The monoisotopic (exact) mass is 284 g/mol. The molecule has 4 nitrogen and oxygen atoms in total. The molecule has 1 fully saturated rings. The maximum atomic E-state index is 11.7. The molecule has 0 saturated heterocycles. The maximum absolute atomic E-state index is 11.7. The summed E-state index contributed by atoms with van der Waals surface area (Å²) in [6.07, 6.45) is 4.26. The van der Waals surface area contributed by atoms with E-state index < -0.39 is 0 Å². The Morgan fingerprint density at radius 2 is 1.90 bits per heavy atom. The van der Waals surface area contributed by atoms with Crippen molar-refractivity contribution in [1.82, 2.24) is 5.32 Å². The number of carbonyl (C=O) groups excluding carboxylic acids is 1. The number of amides is 1. The maximum Gasteiger partial charge on any atom is 0.246 e. The first-order valence-electron chi connectivity index (χ1n) is 7.99. The first kappa shape index (κ1) is 17.4. The summed E-state index contributed by atoms with van der Waals surface area (Å²) < 4.78 is 5.90. The highest BCUT2D eigenvalue weighted by Gasteiger charge is 2.36. The summed E-state index contributed by atoms with van der Waals surface area (Å²) in [5.74, 6) is 1.93. The van der Waals surface area contributed by atoms with Crippen molar-refractivity contribution in [1.29, 1.82) is 0 Å². The van der Waals surface area contributed by atoms with Crippen molar-refractivity contribution in [3.8, 4) is 0 Å². The fraction of sp³-hybridized carbons (Fsp3) is 0.938. The lowest BCUT2D eigenvalue weighted by molar-refractivity contribution is -0.136. The molecule has 0 aliphatic heterocycles. The SMILES string of the molecule is CC(C)CNC(=O)COC1(CN)CCC(C(C)C)CC1. The van der Waals surface area contributed by atoms with Gasteiger partial charge in [-0.3, -0.25) is 4.79 Å². The third-order valence-electron chi connectivity index (χ3n) is 4.47. The van der Waals surface area contributed by atoms with E-state index in [2.05, 4.69) is 33.0 Å². The molecule has 1 saturated carbocycles. The third-order valence-corrected chi connectivity index (χ3v) is 4.47. The highest BCUT2D eigenvalue weighted by molar-refractivity contribution is 5.77. The number of nitrogens with one attached hydrogen (secondary N) is 1. The van der Waals surface area contributed by atoms with Gasteiger partial charge in [0.2, 0.25) is 5.91 Å². The molecule has 4 heteroatoms. The van der Waals surface area contributed by atoms with Crippen LogP contribution < -0.4 is 11.1 Å². The smallest absolute Gasteiger partial charge is 0.246 e. The van der Waals surface area contributed by atoms with Crippen LogP contribution in [-0.2, 0) is 9.53 Å². The first-order valence-corrected chi connectivity index (χ1v) is 7.99. The summed E-state index contributed by atoms with van der Waals surface area (Å²) in [5, 5.41) is 2.89. The Hall–Kier alpha value is -0.610. The van der Waals surface area contributed by atoms with Gasteiger partial charge < -0.3 is 15.8 Å². The van der Waals surface area contributed by atoms with Crippen molar-refractivity contribution in [3.05, 3.63) is 0 Å². The predicted octanol–water partition coefficient (Wildman–Crippen LogP) is 2.32. The molecule has 0 bridgehead atoms. The van der Waals surface area contributed by atoms with E-state index in [4.69, 9.17) is 10.5 Å². The van der Waals surface area contributed by atoms with Crippen molar-refractivity contribution in [3.63, 3.8) is 0 Å². The number of hydrogen-bond donors (Lipinski definition) is 2. The third kappa shape index (κ3) is 5.41. The molecule has 1 rings (SSSR count). The minimum atomic E-state index is -0.277. The molecule has 0 aromatic rings. The molecular weight excluding hydrogens is 252 g/mol. The Kier molecular flexibility index (Phi) is 6.96. The predicted molar refractivity (Wildman–Crippen MR) is 82.4 cm³/mol. The van der Waals surface area contributed by atoms with Gasteiger partial charge >= 0.3 is 0 Å². The Morgan fingerprint density at radius 3 is 2.35 bits per heavy atom. The molecule has 3 N–H and O–H groups in total. The van der Waals surface area contributed by atoms with Crippen LogP contribution in [0.5, 0.6) is 0 Å². The zero-order chi connectivity index (χ0) is 15.2. The van der Waals surface area contributed by atoms with Crippen LogP contribution in [0.15, 0.2) is 0 Å². The highest BCUT2D eigenvalue weighted by Crippen LogP contribution is 2.37. The topological polar surface area (TPSA) is 64.3 Å². The summed E-state index contributed by atoms with van der Waals surface area (Å²) in [4.78, 5) is 11.7. The summed E-state index contributed by atoms with van der Waals surface area (Å²) in [5.41, 5.74) is 5.63. The Balaban J connectivity index is 2.38. The molecular formula is C16H32N2O2. The van der Waals surface area contributed by atoms with Crippen molar-refractivity contribution >= 4 is 5.91 Å². The van der Waals surface area contributed by atoms with Crippen LogP contribution in [-0.4, -0.2) is 31.2 Å². The van der Waals surface area contributed by atoms with Crippen LogP contribution in [0.4, 0.5) is 0 Å². The molecule has 0 heterocycles. The lowest BCUT2D eigenvalue weighted by atomic mass is 9.74. The van der Waals surface area contributed by atoms with E-state index >= 15 is 0 Å². The Bertz CT molecular complexity index is 295. The number of nitrogens with two attached hydrogens (primary N) is 1. The number of ether oxygens (including phenoxy) is 1. The van der Waals surface area contributed by atoms with Crippen LogP contribution in [0.25, 0.3) is 0 Å². The Labute approximate surface area is 123 Å². The van der Waals surface area contributed by atoms with E-state index in [9.17, 15) is 4.79 Å². The second kappa shape index (κ2) is 7.99. The van der Waals surface area contributed by atoms with E-state index in [1.807, 2.05) is 0 Å². The molecule has 1 aliphatic rings. The summed E-state index contributed by atoms with van der Waals surface area (Å²) in [7, 11) is 0. The van der Waals surface area contributed by atoms with Gasteiger partial charge in [-0.25, -0.2) is 0 Å². The summed E-state index contributed by atoms with van der Waals surface area (Å²) in [6, 6.07) is 0. The average Bonchev–Trinajstić information content (AvgIpc) is 2.43. The molecule has 118 valence electrons. The van der Waals surface area contributed by atoms with Gasteiger partial charge in [0.1, 0.15) is 6.61 Å². The highest BCUT2D eigenvalue weighted by atomic mass is 16.5. The Morgan fingerprint density at radius 1 is 1.30 bits per heavy atom. The molecule has 0 spiro atoms. The molecule has 20 heavy (non-hydrogen) atoms. The molecule has 0 unspecified atom stereocenters. The largest absolute Gasteiger partial charge is 0.364 e. The molecule has 1 amide bonds. The second-order valence-electron chi connectivity index (χ2n) is 6.96. The van der Waals surface area contributed by atoms with Crippen LogP contribution in [0.2, 0.25) is 0 Å². The zero-order valence-electron chi connectivity index (χ0n) is 13.6. The van der Waals surface area contributed by atoms with E-state index in [1.54, 1.807) is 0 Å². The zero-order valence-corrected chi connectivity index (χ0v) is 13.6. The number of hydrogen-bond acceptors (Lipinski definition) is 3. The van der Waals surface area contributed by atoms with Crippen LogP contribution in [0.1, 0.15) is 53.4 Å². The molecule has 0 atom stereocenters. The van der Waals surface area contributed by atoms with Gasteiger partial charge in [-0.15, -0.1) is 0 Å². The molecule has 1 aliphatic carbocycles. The quantitative estimate of drug-likeness (QED) is 0.754. The van der Waals surface area contributed by atoms with Crippen molar-refractivity contribution in [2.45, 2.75) is 59.0 Å². The molecule has 0 radical (unpaired) electrons. The van der Waals surface area contributed by atoms with E-state index in [-0.39, 0.29) is 18.1 Å². The van der Waals surface area contributed by atoms with Crippen LogP contribution in [0, 0.1) is 17.8 Å². The van der Waals surface area contributed by atoms with Gasteiger partial charge in [0.05, 0.1) is 5.60 Å². The number of carbonyl (C=O) groups is 1. The van der Waals surface area contributed by atoms with Gasteiger partial charge in [-0.05, 0) is 43.4 Å². The van der Waals surface area contributed by atoms with Crippen LogP contribution >= 0.6 is 0 Å². The van der Waals surface area contributed by atoms with Gasteiger partial charge in [0, 0.05) is 13.1 Å². The average molecular weight is 284 g/mol. The fourth-order valence-corrected chi connectivity index (χ4v) is 2.83. The fourth-order valence-electron chi connectivity index (χ4n) is 2.83. The normalized spacial score (nSPS) is 27.1. The van der Waals surface area contributed by atoms with Gasteiger partial charge in [-0.1, -0.05) is 27.7 Å². The van der Waals surface area contributed by atoms with Crippen molar-refractivity contribution < 1.29 is 9.53 Å². The standard InChI is InChI=1S/C16H32N2O2/c1-12(2)9-18-15(19)10-20-16(11-17)7-5-14(6-8-16)13(3)4/h12-14H,5-11,17H2,1-4H3,(H,18,19).